The molecule has 106 valence electrons. The number of aromatic hydroxyl groups is 1. The van der Waals surface area contributed by atoms with E-state index in [9.17, 15) is 9.90 Å². The molecule has 0 aliphatic carbocycles. The van der Waals surface area contributed by atoms with E-state index in [0.717, 1.165) is 18.4 Å². The van der Waals surface area contributed by atoms with Crippen LogP contribution in [-0.4, -0.2) is 29.6 Å². The summed E-state index contributed by atoms with van der Waals surface area (Å²) in [4.78, 5) is 12.0. The van der Waals surface area contributed by atoms with E-state index in [2.05, 4.69) is 10.6 Å². The molecule has 1 unspecified atom stereocenters. The minimum absolute atomic E-state index is 0.00760. The summed E-state index contributed by atoms with van der Waals surface area (Å²) >= 11 is 0. The van der Waals surface area contributed by atoms with Crippen molar-refractivity contribution < 1.29 is 9.90 Å². The van der Waals surface area contributed by atoms with Gasteiger partial charge in [0.25, 0.3) is 0 Å². The molecule has 0 aliphatic heterocycles. The Bertz CT molecular complexity index is 413. The second-order valence-electron chi connectivity index (χ2n) is 5.45. The zero-order valence-electron chi connectivity index (χ0n) is 12.2. The molecule has 0 spiro atoms. The maximum Gasteiger partial charge on any atom is 0.239 e. The molecular formula is C15H24N2O2. The first kappa shape index (κ1) is 15.5. The van der Waals surface area contributed by atoms with Gasteiger partial charge in [0, 0.05) is 6.04 Å². The molecule has 19 heavy (non-hydrogen) atoms. The normalized spacial score (nSPS) is 13.1. The van der Waals surface area contributed by atoms with Crippen molar-refractivity contribution >= 4 is 5.91 Å². The smallest absolute Gasteiger partial charge is 0.239 e. The molecule has 0 radical (unpaired) electrons. The van der Waals surface area contributed by atoms with Gasteiger partial charge in [0.05, 0.1) is 5.54 Å². The molecule has 1 rings (SSSR count). The molecular weight excluding hydrogens is 240 g/mol. The van der Waals surface area contributed by atoms with Gasteiger partial charge in [-0.05, 0) is 58.4 Å². The van der Waals surface area contributed by atoms with Crippen LogP contribution in [-0.2, 0) is 11.2 Å². The van der Waals surface area contributed by atoms with Crippen LogP contribution in [0.15, 0.2) is 24.3 Å². The van der Waals surface area contributed by atoms with E-state index in [4.69, 9.17) is 0 Å². The average molecular weight is 264 g/mol. The molecule has 4 heteroatoms. The van der Waals surface area contributed by atoms with Gasteiger partial charge in [0.15, 0.2) is 0 Å². The number of hydrogen-bond acceptors (Lipinski definition) is 3. The lowest BCUT2D eigenvalue weighted by molar-refractivity contribution is -0.126. The highest BCUT2D eigenvalue weighted by Gasteiger charge is 2.25. The van der Waals surface area contributed by atoms with Crippen molar-refractivity contribution in [2.45, 2.75) is 45.2 Å². The highest BCUT2D eigenvalue weighted by molar-refractivity contribution is 5.85. The molecule has 0 saturated carbocycles. The second kappa shape index (κ2) is 6.57. The quantitative estimate of drug-likeness (QED) is 0.734. The van der Waals surface area contributed by atoms with Crippen molar-refractivity contribution in [3.63, 3.8) is 0 Å². The van der Waals surface area contributed by atoms with Crippen molar-refractivity contribution in [3.05, 3.63) is 29.8 Å². The number of hydrogen-bond donors (Lipinski definition) is 3. The van der Waals surface area contributed by atoms with E-state index < -0.39 is 5.54 Å². The Kier molecular flexibility index (Phi) is 5.36. The summed E-state index contributed by atoms with van der Waals surface area (Å²) in [5, 5.41) is 15.2. The molecule has 0 aromatic heterocycles. The van der Waals surface area contributed by atoms with E-state index in [1.807, 2.05) is 32.9 Å². The third kappa shape index (κ3) is 4.91. The van der Waals surface area contributed by atoms with Crippen molar-refractivity contribution in [2.24, 2.45) is 0 Å². The lowest BCUT2D eigenvalue weighted by Crippen LogP contribution is -2.53. The SMILES string of the molecule is CNC(C)(C)C(=O)NC(C)CCc1ccc(O)cc1. The highest BCUT2D eigenvalue weighted by atomic mass is 16.3. The second-order valence-corrected chi connectivity index (χ2v) is 5.45. The van der Waals surface area contributed by atoms with E-state index >= 15 is 0 Å². The standard InChI is InChI=1S/C15H24N2O2/c1-11(17-14(19)15(2,3)16-4)5-6-12-7-9-13(18)10-8-12/h7-11,16,18H,5-6H2,1-4H3,(H,17,19). The number of rotatable bonds is 6. The van der Waals surface area contributed by atoms with Gasteiger partial charge >= 0.3 is 0 Å². The van der Waals surface area contributed by atoms with Gasteiger partial charge in [-0.15, -0.1) is 0 Å². The fourth-order valence-corrected chi connectivity index (χ4v) is 1.64. The maximum atomic E-state index is 12.0. The number of aryl methyl sites for hydroxylation is 1. The van der Waals surface area contributed by atoms with Crippen LogP contribution >= 0.6 is 0 Å². The third-order valence-electron chi connectivity index (χ3n) is 3.37. The summed E-state index contributed by atoms with van der Waals surface area (Å²) in [6.07, 6.45) is 1.75. The predicted octanol–water partition coefficient (Wildman–Crippen LogP) is 1.83. The van der Waals surface area contributed by atoms with Crippen LogP contribution in [0, 0.1) is 0 Å². The van der Waals surface area contributed by atoms with E-state index in [-0.39, 0.29) is 17.7 Å². The van der Waals surface area contributed by atoms with Crippen LogP contribution in [0.3, 0.4) is 0 Å². The van der Waals surface area contributed by atoms with Crippen LogP contribution < -0.4 is 10.6 Å². The van der Waals surface area contributed by atoms with E-state index in [0.29, 0.717) is 0 Å². The zero-order valence-corrected chi connectivity index (χ0v) is 12.2. The fraction of sp³-hybridized carbons (Fsp3) is 0.533. The average Bonchev–Trinajstić information content (AvgIpc) is 2.38. The molecule has 0 saturated heterocycles. The fourth-order valence-electron chi connectivity index (χ4n) is 1.64. The number of nitrogens with one attached hydrogen (secondary N) is 2. The van der Waals surface area contributed by atoms with Gasteiger partial charge < -0.3 is 15.7 Å². The number of benzene rings is 1. The molecule has 3 N–H and O–H groups in total. The van der Waals surface area contributed by atoms with E-state index in [1.165, 1.54) is 0 Å². The largest absolute Gasteiger partial charge is 0.508 e. The Morgan fingerprint density at radius 3 is 2.42 bits per heavy atom. The lowest BCUT2D eigenvalue weighted by atomic mass is 10.0. The topological polar surface area (TPSA) is 61.4 Å². The van der Waals surface area contributed by atoms with Crippen LogP contribution in [0.4, 0.5) is 0 Å². The summed E-state index contributed by atoms with van der Waals surface area (Å²) < 4.78 is 0. The van der Waals surface area contributed by atoms with Crippen LogP contribution in [0.2, 0.25) is 0 Å². The molecule has 0 fully saturated rings. The van der Waals surface area contributed by atoms with Gasteiger partial charge in [-0.25, -0.2) is 0 Å². The molecule has 1 atom stereocenters. The Morgan fingerprint density at radius 2 is 1.89 bits per heavy atom. The van der Waals surface area contributed by atoms with Crippen molar-refractivity contribution in [3.8, 4) is 5.75 Å². The first-order chi connectivity index (χ1) is 8.85. The lowest BCUT2D eigenvalue weighted by Gasteiger charge is -2.25. The maximum absolute atomic E-state index is 12.0. The van der Waals surface area contributed by atoms with Crippen LogP contribution in [0.25, 0.3) is 0 Å². The summed E-state index contributed by atoms with van der Waals surface area (Å²) in [6.45, 7) is 5.72. The summed E-state index contributed by atoms with van der Waals surface area (Å²) in [5.41, 5.74) is 0.610. The minimum Gasteiger partial charge on any atom is -0.508 e. The van der Waals surface area contributed by atoms with Crippen molar-refractivity contribution in [1.29, 1.82) is 0 Å². The van der Waals surface area contributed by atoms with Crippen molar-refractivity contribution in [2.75, 3.05) is 7.05 Å². The first-order valence-electron chi connectivity index (χ1n) is 6.63. The first-order valence-corrected chi connectivity index (χ1v) is 6.63. The van der Waals surface area contributed by atoms with Crippen molar-refractivity contribution in [1.82, 2.24) is 10.6 Å². The summed E-state index contributed by atoms with van der Waals surface area (Å²) in [5.74, 6) is 0.286. The number of phenolic OH excluding ortho intramolecular Hbond substituents is 1. The Balaban J connectivity index is 2.42. The minimum atomic E-state index is -0.549. The molecule has 0 bridgehead atoms. The molecule has 1 aromatic carbocycles. The monoisotopic (exact) mass is 264 g/mol. The van der Waals surface area contributed by atoms with Gasteiger partial charge in [-0.2, -0.15) is 0 Å². The van der Waals surface area contributed by atoms with Gasteiger partial charge in [-0.3, -0.25) is 4.79 Å². The predicted molar refractivity (Wildman–Crippen MR) is 77.2 cm³/mol. The summed E-state index contributed by atoms with van der Waals surface area (Å²) in [6, 6.07) is 7.29. The number of carbonyl (C=O) groups is 1. The number of amides is 1. The van der Waals surface area contributed by atoms with E-state index in [1.54, 1.807) is 19.2 Å². The number of likely N-dealkylation sites (N-methyl/N-ethyl adjacent to an activating group) is 1. The molecule has 0 heterocycles. The molecule has 0 aliphatic rings. The van der Waals surface area contributed by atoms with Gasteiger partial charge in [0.1, 0.15) is 5.75 Å². The molecule has 4 nitrogen and oxygen atoms in total. The molecule has 1 amide bonds. The molecule has 1 aromatic rings. The summed E-state index contributed by atoms with van der Waals surface area (Å²) in [7, 11) is 1.78. The number of phenols is 1. The highest BCUT2D eigenvalue weighted by Crippen LogP contribution is 2.12. The third-order valence-corrected chi connectivity index (χ3v) is 3.37. The van der Waals surface area contributed by atoms with Crippen LogP contribution in [0.1, 0.15) is 32.8 Å². The Hall–Kier alpha value is -1.55. The zero-order chi connectivity index (χ0) is 14.5. The van der Waals surface area contributed by atoms with Gasteiger partial charge in [0.2, 0.25) is 5.91 Å². The number of carbonyl (C=O) groups excluding carboxylic acids is 1. The Labute approximate surface area is 115 Å². The van der Waals surface area contributed by atoms with Gasteiger partial charge in [-0.1, -0.05) is 12.1 Å². The van der Waals surface area contributed by atoms with Crippen LogP contribution in [0.5, 0.6) is 5.75 Å². The Morgan fingerprint density at radius 1 is 1.32 bits per heavy atom.